The van der Waals surface area contributed by atoms with Gasteiger partial charge in [-0.1, -0.05) is 43.3 Å². The predicted octanol–water partition coefficient (Wildman–Crippen LogP) is 2.67. The third-order valence-electron chi connectivity index (χ3n) is 4.09. The lowest BCUT2D eigenvalue weighted by atomic mass is 10.1. The Bertz CT molecular complexity index is 991. The van der Waals surface area contributed by atoms with Crippen LogP contribution in [-0.4, -0.2) is 37.7 Å². The molecule has 0 atom stereocenters. The second kappa shape index (κ2) is 8.39. The third kappa shape index (κ3) is 4.57. The van der Waals surface area contributed by atoms with Crippen molar-refractivity contribution in [2.75, 3.05) is 12.3 Å². The molecular formula is C19H23N5O2S. The molecule has 0 aliphatic heterocycles. The van der Waals surface area contributed by atoms with E-state index in [-0.39, 0.29) is 22.7 Å². The van der Waals surface area contributed by atoms with Crippen molar-refractivity contribution >= 4 is 28.8 Å². The smallest absolute Gasteiger partial charge is 0.278 e. The summed E-state index contributed by atoms with van der Waals surface area (Å²) in [5.74, 6) is 0.720. The Balaban J connectivity index is 1.87. The van der Waals surface area contributed by atoms with Crippen LogP contribution in [0.3, 0.4) is 0 Å². The summed E-state index contributed by atoms with van der Waals surface area (Å²) in [6, 6.07) is 7.88. The Kier molecular flexibility index (Phi) is 5.95. The number of nitrogens with zero attached hydrogens (tertiary/aromatic N) is 3. The second-order valence-electron chi connectivity index (χ2n) is 6.79. The minimum atomic E-state index is -0.297. The number of H-pyrrole nitrogens is 1. The van der Waals surface area contributed by atoms with Crippen molar-refractivity contribution in [2.45, 2.75) is 32.3 Å². The molecule has 3 rings (SSSR count). The summed E-state index contributed by atoms with van der Waals surface area (Å²) in [6.45, 7) is 6.91. The van der Waals surface area contributed by atoms with Gasteiger partial charge in [-0.05, 0) is 31.4 Å². The zero-order valence-electron chi connectivity index (χ0n) is 15.7. The van der Waals surface area contributed by atoms with Crippen molar-refractivity contribution in [3.8, 4) is 5.69 Å². The summed E-state index contributed by atoms with van der Waals surface area (Å²) in [4.78, 5) is 35.5. The first-order chi connectivity index (χ1) is 13.0. The van der Waals surface area contributed by atoms with Gasteiger partial charge < -0.3 is 10.3 Å². The van der Waals surface area contributed by atoms with Gasteiger partial charge in [0.15, 0.2) is 16.3 Å². The van der Waals surface area contributed by atoms with Crippen molar-refractivity contribution in [2.24, 2.45) is 5.92 Å². The van der Waals surface area contributed by atoms with Crippen molar-refractivity contribution in [3.05, 3.63) is 46.5 Å². The number of rotatable bonds is 7. The van der Waals surface area contributed by atoms with E-state index in [1.807, 2.05) is 35.8 Å². The quantitative estimate of drug-likeness (QED) is 0.610. The molecule has 2 heterocycles. The number of imidazole rings is 1. The predicted molar refractivity (Wildman–Crippen MR) is 107 cm³/mol. The van der Waals surface area contributed by atoms with Crippen LogP contribution in [0.1, 0.15) is 25.8 Å². The number of benzene rings is 1. The largest absolute Gasteiger partial charge is 0.355 e. The van der Waals surface area contributed by atoms with Gasteiger partial charge >= 0.3 is 0 Å². The highest BCUT2D eigenvalue weighted by Crippen LogP contribution is 2.25. The highest BCUT2D eigenvalue weighted by Gasteiger charge is 2.17. The Morgan fingerprint density at radius 1 is 1.30 bits per heavy atom. The molecule has 7 nitrogen and oxygen atoms in total. The minimum absolute atomic E-state index is 0.0509. The summed E-state index contributed by atoms with van der Waals surface area (Å²) in [5.41, 5.74) is 2.43. The number of aromatic nitrogens is 4. The number of amides is 1. The molecule has 0 fully saturated rings. The molecule has 0 aliphatic rings. The van der Waals surface area contributed by atoms with Crippen LogP contribution >= 0.6 is 11.8 Å². The molecule has 8 heteroatoms. The van der Waals surface area contributed by atoms with Gasteiger partial charge in [-0.3, -0.25) is 14.2 Å². The standard InChI is InChI=1S/C19H23N5O2S/c1-12(2)8-9-20-15(25)10-27-19-23-16-17(21-11-22-18(16)26)24(19)14-6-4-13(3)5-7-14/h4-7,11-12H,8-10H2,1-3H3,(H,20,25)(H,21,22,26). The normalized spacial score (nSPS) is 11.3. The summed E-state index contributed by atoms with van der Waals surface area (Å²) in [5, 5.41) is 3.48. The number of aryl methyl sites for hydroxylation is 1. The maximum Gasteiger partial charge on any atom is 0.278 e. The van der Waals surface area contributed by atoms with Gasteiger partial charge in [0, 0.05) is 12.2 Å². The molecular weight excluding hydrogens is 362 g/mol. The number of thioether (sulfide) groups is 1. The van der Waals surface area contributed by atoms with Crippen LogP contribution < -0.4 is 10.9 Å². The highest BCUT2D eigenvalue weighted by molar-refractivity contribution is 7.99. The van der Waals surface area contributed by atoms with E-state index in [2.05, 4.69) is 34.1 Å². The van der Waals surface area contributed by atoms with Crippen LogP contribution in [0.5, 0.6) is 0 Å². The number of hydrogen-bond donors (Lipinski definition) is 2. The molecule has 27 heavy (non-hydrogen) atoms. The zero-order valence-corrected chi connectivity index (χ0v) is 16.5. The molecule has 0 saturated carbocycles. The number of fused-ring (bicyclic) bond motifs is 1. The van der Waals surface area contributed by atoms with E-state index in [9.17, 15) is 9.59 Å². The first-order valence-electron chi connectivity index (χ1n) is 8.88. The van der Waals surface area contributed by atoms with Gasteiger partial charge in [0.05, 0.1) is 12.1 Å². The number of carbonyl (C=O) groups excluding carboxylic acids is 1. The topological polar surface area (TPSA) is 92.7 Å². The highest BCUT2D eigenvalue weighted by atomic mass is 32.2. The van der Waals surface area contributed by atoms with E-state index in [0.29, 0.717) is 23.3 Å². The SMILES string of the molecule is Cc1ccc(-n2c(SCC(=O)NCCC(C)C)nc3c(=O)[nH]cnc32)cc1. The van der Waals surface area contributed by atoms with E-state index in [0.717, 1.165) is 17.7 Å². The Labute approximate surface area is 161 Å². The number of carbonyl (C=O) groups is 1. The van der Waals surface area contributed by atoms with Crippen LogP contribution in [0.2, 0.25) is 0 Å². The lowest BCUT2D eigenvalue weighted by Gasteiger charge is -2.09. The van der Waals surface area contributed by atoms with Gasteiger partial charge in [-0.15, -0.1) is 0 Å². The van der Waals surface area contributed by atoms with E-state index >= 15 is 0 Å². The molecule has 142 valence electrons. The minimum Gasteiger partial charge on any atom is -0.355 e. The molecule has 0 bridgehead atoms. The van der Waals surface area contributed by atoms with E-state index in [4.69, 9.17) is 0 Å². The molecule has 0 saturated heterocycles. The number of nitrogens with one attached hydrogen (secondary N) is 2. The van der Waals surface area contributed by atoms with Crippen molar-refractivity contribution in [1.82, 2.24) is 24.8 Å². The fourth-order valence-electron chi connectivity index (χ4n) is 2.59. The number of hydrogen-bond acceptors (Lipinski definition) is 5. The molecule has 2 N–H and O–H groups in total. The molecule has 0 spiro atoms. The van der Waals surface area contributed by atoms with Crippen LogP contribution in [-0.2, 0) is 4.79 Å². The molecule has 1 aromatic carbocycles. The second-order valence-corrected chi connectivity index (χ2v) is 7.73. The van der Waals surface area contributed by atoms with E-state index in [1.54, 1.807) is 0 Å². The molecule has 1 amide bonds. The maximum absolute atomic E-state index is 12.1. The van der Waals surface area contributed by atoms with Crippen LogP contribution in [0, 0.1) is 12.8 Å². The van der Waals surface area contributed by atoms with Crippen LogP contribution in [0.25, 0.3) is 16.9 Å². The Morgan fingerprint density at radius 3 is 2.74 bits per heavy atom. The molecule has 3 aromatic rings. The molecule has 0 unspecified atom stereocenters. The fraction of sp³-hybridized carbons (Fsp3) is 0.368. The van der Waals surface area contributed by atoms with Crippen molar-refractivity contribution in [1.29, 1.82) is 0 Å². The first kappa shape index (κ1) is 19.2. The first-order valence-corrected chi connectivity index (χ1v) is 9.87. The van der Waals surface area contributed by atoms with Gasteiger partial charge in [-0.25, -0.2) is 9.97 Å². The van der Waals surface area contributed by atoms with E-state index < -0.39 is 0 Å². The average molecular weight is 385 g/mol. The average Bonchev–Trinajstić information content (AvgIpc) is 3.00. The van der Waals surface area contributed by atoms with Crippen LogP contribution in [0.4, 0.5) is 0 Å². The summed E-state index contributed by atoms with van der Waals surface area (Å²) in [6.07, 6.45) is 2.31. The fourth-order valence-corrected chi connectivity index (χ4v) is 3.43. The summed E-state index contributed by atoms with van der Waals surface area (Å²) in [7, 11) is 0. The van der Waals surface area contributed by atoms with Crippen molar-refractivity contribution < 1.29 is 4.79 Å². The van der Waals surface area contributed by atoms with Gasteiger partial charge in [0.1, 0.15) is 0 Å². The Hall–Kier alpha value is -2.61. The monoisotopic (exact) mass is 385 g/mol. The van der Waals surface area contributed by atoms with Crippen LogP contribution in [0.15, 0.2) is 40.5 Å². The Morgan fingerprint density at radius 2 is 2.04 bits per heavy atom. The lowest BCUT2D eigenvalue weighted by molar-refractivity contribution is -0.118. The molecule has 0 aliphatic carbocycles. The number of aromatic amines is 1. The summed E-state index contributed by atoms with van der Waals surface area (Å²) >= 11 is 1.29. The zero-order chi connectivity index (χ0) is 19.4. The third-order valence-corrected chi connectivity index (χ3v) is 5.03. The van der Waals surface area contributed by atoms with Gasteiger partial charge in [0.2, 0.25) is 5.91 Å². The molecule has 2 aromatic heterocycles. The van der Waals surface area contributed by atoms with Gasteiger partial charge in [0.25, 0.3) is 5.56 Å². The molecule has 0 radical (unpaired) electrons. The van der Waals surface area contributed by atoms with E-state index in [1.165, 1.54) is 18.1 Å². The van der Waals surface area contributed by atoms with Crippen molar-refractivity contribution in [3.63, 3.8) is 0 Å². The summed E-state index contributed by atoms with van der Waals surface area (Å²) < 4.78 is 1.82. The lowest BCUT2D eigenvalue weighted by Crippen LogP contribution is -2.27. The maximum atomic E-state index is 12.1. The van der Waals surface area contributed by atoms with Gasteiger partial charge in [-0.2, -0.15) is 0 Å².